The Morgan fingerprint density at radius 2 is 1.30 bits per heavy atom. The predicted molar refractivity (Wildman–Crippen MR) is 164 cm³/mol. The summed E-state index contributed by atoms with van der Waals surface area (Å²) in [5.74, 6) is -0.949. The maximum Gasteiger partial charge on any atom is 0.483 e. The molecule has 0 aliphatic carbocycles. The van der Waals surface area contributed by atoms with Crippen molar-refractivity contribution in [2.75, 3.05) is 19.8 Å². The van der Waals surface area contributed by atoms with Gasteiger partial charge in [-0.3, -0.25) is 37.2 Å². The first-order chi connectivity index (χ1) is 25.0. The van der Waals surface area contributed by atoms with Crippen LogP contribution in [0.5, 0.6) is 0 Å². The van der Waals surface area contributed by atoms with Crippen molar-refractivity contribution in [3.05, 3.63) is 33.1 Å². The van der Waals surface area contributed by atoms with Crippen molar-refractivity contribution < 1.29 is 111 Å². The van der Waals surface area contributed by atoms with E-state index in [0.717, 1.165) is 19.2 Å². The molecule has 0 radical (unpaired) electrons. The zero-order valence-corrected chi connectivity index (χ0v) is 30.0. The van der Waals surface area contributed by atoms with Crippen LogP contribution in [0.2, 0.25) is 0 Å². The molecule has 3 saturated heterocycles. The molecule has 3 aliphatic rings. The smallest absolute Gasteiger partial charge is 0.394 e. The van der Waals surface area contributed by atoms with Gasteiger partial charge in [0.1, 0.15) is 67.1 Å². The molecule has 1 amide bonds. The number of H-pyrrole nitrogens is 1. The maximum absolute atomic E-state index is 12.9. The zero-order valence-electron chi connectivity index (χ0n) is 27.3. The summed E-state index contributed by atoms with van der Waals surface area (Å²) in [6.45, 7) is -2.44. The summed E-state index contributed by atoms with van der Waals surface area (Å²) in [6.07, 6.45) is -24.7. The molecule has 17 atom stereocenters. The molecule has 4 rings (SSSR count). The number of carbonyl (C=O) groups is 1. The number of nitrogens with zero attached hydrogens (tertiary/aromatic N) is 1. The number of ether oxygens (including phenoxy) is 3. The lowest BCUT2D eigenvalue weighted by molar-refractivity contribution is -0.282. The second-order valence-electron chi connectivity index (χ2n) is 11.8. The van der Waals surface area contributed by atoms with E-state index in [2.05, 4.69) is 17.9 Å². The number of phosphoric ester groups is 3. The van der Waals surface area contributed by atoms with Gasteiger partial charge in [0, 0.05) is 19.2 Å². The van der Waals surface area contributed by atoms with Crippen LogP contribution < -0.4 is 16.6 Å². The van der Waals surface area contributed by atoms with Crippen LogP contribution in [0.25, 0.3) is 0 Å². The number of amides is 1. The van der Waals surface area contributed by atoms with Crippen molar-refractivity contribution in [2.24, 2.45) is 0 Å². The SMILES string of the molecule is CC(=O)N[C@H]1C(OP(=O)(O)OP(=O)(O)OC[C@H]2O[C@@H](n3ccc(=O)[nH]c3=O)[C@H](O)[C@@H]2O)O[C@H](COP(=O)(O)O[C@@H]2O[C@H](CO)[C@H](O)[C@H](O)[C@H]2O)[C@@H](O)[C@@H]1O. The molecule has 0 saturated carbocycles. The van der Waals surface area contributed by atoms with E-state index in [0.29, 0.717) is 4.57 Å². The number of aliphatic hydroxyl groups excluding tert-OH is 8. The number of hydrogen-bond donors (Lipinski definition) is 13. The van der Waals surface area contributed by atoms with Crippen LogP contribution in [0.1, 0.15) is 13.2 Å². The lowest BCUT2D eigenvalue weighted by Crippen LogP contribution is -2.64. The molecule has 3 fully saturated rings. The molecule has 310 valence electrons. The third-order valence-corrected chi connectivity index (χ3v) is 11.4. The average molecular weight is 849 g/mol. The number of carbonyl (C=O) groups excluding carboxylic acids is 1. The van der Waals surface area contributed by atoms with Gasteiger partial charge in [-0.2, -0.15) is 4.31 Å². The number of rotatable bonds is 15. The molecule has 28 nitrogen and oxygen atoms in total. The molecular weight excluding hydrogens is 811 g/mol. The lowest BCUT2D eigenvalue weighted by atomic mass is 9.97. The van der Waals surface area contributed by atoms with Crippen molar-refractivity contribution in [1.82, 2.24) is 14.9 Å². The van der Waals surface area contributed by atoms with Gasteiger partial charge in [0.2, 0.25) is 5.91 Å². The summed E-state index contributed by atoms with van der Waals surface area (Å²) >= 11 is 0. The lowest BCUT2D eigenvalue weighted by Gasteiger charge is -2.42. The Balaban J connectivity index is 1.40. The standard InChI is InChI=1S/C23H38N3O25P3/c1-7(28)24-12-16(33)14(31)10(6-44-52(38,39)50-22-19(36)17(34)13(30)8(4-27)47-22)48-21(12)49-54(42,43)51-53(40,41)45-5-9-15(32)18(35)20(46-9)26-3-2-11(29)25-23(26)37/h2-3,8-10,12-22,27,30-36H,4-6H2,1H3,(H,24,28)(H,38,39)(H,40,41)(H,42,43)(H,25,29,37)/t8-,9-,10-,12-,13+,14-,15-,16-,17+,18-,19-,20-,21?,22+/m1/s1. The van der Waals surface area contributed by atoms with E-state index in [1.165, 1.54) is 0 Å². The fraction of sp³-hybridized carbons (Fsp3) is 0.783. The highest BCUT2D eigenvalue weighted by Crippen LogP contribution is 2.61. The van der Waals surface area contributed by atoms with E-state index in [9.17, 15) is 83.6 Å². The summed E-state index contributed by atoms with van der Waals surface area (Å²) < 4.78 is 77.1. The molecule has 54 heavy (non-hydrogen) atoms. The van der Waals surface area contributed by atoms with Crippen LogP contribution in [0, 0.1) is 0 Å². The zero-order chi connectivity index (χ0) is 40.5. The Hall–Kier alpha value is -1.92. The van der Waals surface area contributed by atoms with Gasteiger partial charge in [-0.25, -0.2) is 18.5 Å². The number of hydrogen-bond acceptors (Lipinski definition) is 22. The maximum atomic E-state index is 12.9. The highest BCUT2D eigenvalue weighted by atomic mass is 31.3. The number of aromatic nitrogens is 2. The topological polar surface area (TPSA) is 432 Å². The van der Waals surface area contributed by atoms with Crippen molar-refractivity contribution in [1.29, 1.82) is 0 Å². The number of aromatic amines is 1. The Kier molecular flexibility index (Phi) is 14.7. The molecule has 13 N–H and O–H groups in total. The van der Waals surface area contributed by atoms with E-state index in [1.807, 2.05) is 10.3 Å². The van der Waals surface area contributed by atoms with Crippen molar-refractivity contribution in [2.45, 2.75) is 92.8 Å². The Labute approximate surface area is 300 Å². The highest BCUT2D eigenvalue weighted by molar-refractivity contribution is 7.61. The predicted octanol–water partition coefficient (Wildman–Crippen LogP) is -6.71. The second kappa shape index (κ2) is 17.7. The van der Waals surface area contributed by atoms with Crippen molar-refractivity contribution in [3.63, 3.8) is 0 Å². The van der Waals surface area contributed by atoms with E-state index < -0.39 is 146 Å². The quantitative estimate of drug-likeness (QED) is 0.0729. The van der Waals surface area contributed by atoms with Gasteiger partial charge in [-0.05, 0) is 0 Å². The van der Waals surface area contributed by atoms with Crippen LogP contribution in [0.4, 0.5) is 0 Å². The molecule has 0 bridgehead atoms. The average Bonchev–Trinajstić information content (AvgIpc) is 3.34. The molecule has 1 aromatic rings. The van der Waals surface area contributed by atoms with Crippen molar-refractivity contribution in [3.8, 4) is 0 Å². The Morgan fingerprint density at radius 1 is 0.759 bits per heavy atom. The fourth-order valence-electron chi connectivity index (χ4n) is 5.23. The Morgan fingerprint density at radius 3 is 1.89 bits per heavy atom. The minimum atomic E-state index is -5.92. The van der Waals surface area contributed by atoms with Crippen molar-refractivity contribution >= 4 is 29.4 Å². The number of aliphatic hydroxyl groups is 8. The summed E-state index contributed by atoms with van der Waals surface area (Å²) in [6, 6.07) is -1.07. The van der Waals surface area contributed by atoms with Gasteiger partial charge >= 0.3 is 29.2 Å². The molecule has 0 aromatic carbocycles. The monoisotopic (exact) mass is 849 g/mol. The van der Waals surface area contributed by atoms with E-state index >= 15 is 0 Å². The van der Waals surface area contributed by atoms with Gasteiger partial charge in [0.05, 0.1) is 19.8 Å². The number of phosphoric acid groups is 3. The van der Waals surface area contributed by atoms with Gasteiger partial charge in [-0.1, -0.05) is 0 Å². The van der Waals surface area contributed by atoms with E-state index in [-0.39, 0.29) is 0 Å². The van der Waals surface area contributed by atoms with Gasteiger partial charge in [0.15, 0.2) is 18.8 Å². The van der Waals surface area contributed by atoms with E-state index in [1.54, 1.807) is 0 Å². The second-order valence-corrected chi connectivity index (χ2v) is 16.2. The first-order valence-electron chi connectivity index (χ1n) is 15.2. The molecular formula is C23H38N3O25P3. The van der Waals surface area contributed by atoms with Gasteiger partial charge in [0.25, 0.3) is 5.56 Å². The van der Waals surface area contributed by atoms with Crippen LogP contribution in [0.3, 0.4) is 0 Å². The minimum Gasteiger partial charge on any atom is -0.394 e. The molecule has 4 heterocycles. The normalized spacial score (nSPS) is 39.3. The van der Waals surface area contributed by atoms with E-state index in [4.69, 9.17) is 18.7 Å². The molecule has 0 spiro atoms. The fourth-order valence-corrected chi connectivity index (χ4v) is 8.22. The molecule has 4 unspecified atom stereocenters. The highest BCUT2D eigenvalue weighted by Gasteiger charge is 2.52. The summed E-state index contributed by atoms with van der Waals surface area (Å²) in [5, 5.41) is 82.9. The van der Waals surface area contributed by atoms with Gasteiger partial charge in [-0.15, -0.1) is 0 Å². The summed E-state index contributed by atoms with van der Waals surface area (Å²) in [7, 11) is -17.0. The van der Waals surface area contributed by atoms with Gasteiger partial charge < -0.3 is 75.1 Å². The summed E-state index contributed by atoms with van der Waals surface area (Å²) in [5.41, 5.74) is -1.86. The minimum absolute atomic E-state index is 0.673. The first-order valence-corrected chi connectivity index (χ1v) is 19.7. The molecule has 31 heteroatoms. The first kappa shape index (κ1) is 44.8. The molecule has 3 aliphatic heterocycles. The summed E-state index contributed by atoms with van der Waals surface area (Å²) in [4.78, 5) is 67.7. The van der Waals surface area contributed by atoms with Crippen LogP contribution in [0.15, 0.2) is 21.9 Å². The van der Waals surface area contributed by atoms with Crippen LogP contribution in [-0.4, -0.2) is 170 Å². The third-order valence-electron chi connectivity index (χ3n) is 7.87. The largest absolute Gasteiger partial charge is 0.483 e. The number of nitrogens with one attached hydrogen (secondary N) is 2. The van der Waals surface area contributed by atoms with Crippen LogP contribution >= 0.6 is 23.5 Å². The third kappa shape index (κ3) is 10.9. The Bertz CT molecular complexity index is 1730. The van der Waals surface area contributed by atoms with Crippen LogP contribution in [-0.2, 0) is 55.1 Å². The molecule has 1 aromatic heterocycles.